The van der Waals surface area contributed by atoms with E-state index < -0.39 is 12.6 Å². The minimum Gasteiger partial charge on any atom is -0.507 e. The summed E-state index contributed by atoms with van der Waals surface area (Å²) in [6.07, 6.45) is 3.01. The molecule has 0 aliphatic heterocycles. The van der Waals surface area contributed by atoms with E-state index in [-0.39, 0.29) is 23.0 Å². The Morgan fingerprint density at radius 3 is 2.56 bits per heavy atom. The molecule has 0 aliphatic rings. The van der Waals surface area contributed by atoms with Crippen molar-refractivity contribution in [2.45, 2.75) is 0 Å². The van der Waals surface area contributed by atoms with Gasteiger partial charge in [0.1, 0.15) is 5.75 Å². The van der Waals surface area contributed by atoms with E-state index >= 15 is 0 Å². The van der Waals surface area contributed by atoms with E-state index in [1.165, 1.54) is 37.5 Å². The summed E-state index contributed by atoms with van der Waals surface area (Å²) in [6, 6.07) is 9.37. The molecule has 0 saturated heterocycles. The number of phenolic OH excluding ortho intramolecular Hbond substituents is 1. The van der Waals surface area contributed by atoms with Gasteiger partial charge in [0.05, 0.1) is 11.6 Å². The highest BCUT2D eigenvalue weighted by atomic mass is 79.9. The van der Waals surface area contributed by atoms with Crippen molar-refractivity contribution in [2.75, 3.05) is 13.7 Å². The van der Waals surface area contributed by atoms with Gasteiger partial charge in [0.25, 0.3) is 0 Å². The molecule has 0 heterocycles. The average Bonchev–Trinajstić information content (AvgIpc) is 2.60. The fourth-order valence-electron chi connectivity index (χ4n) is 1.97. The first-order valence-corrected chi connectivity index (χ1v) is 7.93. The topological polar surface area (TPSA) is 93.1 Å². The molecule has 0 amide bonds. The number of carbonyl (C=O) groups is 2. The number of halogens is 1. The first-order chi connectivity index (χ1) is 11.9. The Kier molecular flexibility index (Phi) is 6.19. The molecular formula is C18H15BrO6. The van der Waals surface area contributed by atoms with Gasteiger partial charge in [0.15, 0.2) is 23.9 Å². The summed E-state index contributed by atoms with van der Waals surface area (Å²) in [7, 11) is 1.40. The van der Waals surface area contributed by atoms with Gasteiger partial charge in [-0.2, -0.15) is 0 Å². The highest BCUT2D eigenvalue weighted by Crippen LogP contribution is 2.29. The van der Waals surface area contributed by atoms with Gasteiger partial charge in [-0.3, -0.25) is 4.79 Å². The van der Waals surface area contributed by atoms with Gasteiger partial charge in [-0.15, -0.1) is 0 Å². The number of carboxylic acids is 1. The van der Waals surface area contributed by atoms with E-state index in [0.29, 0.717) is 10.0 Å². The predicted molar refractivity (Wildman–Crippen MR) is 95.3 cm³/mol. The van der Waals surface area contributed by atoms with Crippen LogP contribution in [0, 0.1) is 0 Å². The van der Waals surface area contributed by atoms with Crippen LogP contribution in [0.2, 0.25) is 0 Å². The zero-order valence-corrected chi connectivity index (χ0v) is 14.8. The number of benzene rings is 2. The molecule has 6 nitrogen and oxygen atoms in total. The molecule has 0 saturated carbocycles. The number of allylic oxidation sites excluding steroid dienone is 1. The minimum absolute atomic E-state index is 0.116. The van der Waals surface area contributed by atoms with Crippen LogP contribution in [0.4, 0.5) is 0 Å². The van der Waals surface area contributed by atoms with Crippen molar-refractivity contribution >= 4 is 33.8 Å². The van der Waals surface area contributed by atoms with E-state index in [4.69, 9.17) is 14.6 Å². The summed E-state index contributed by atoms with van der Waals surface area (Å²) in [4.78, 5) is 22.8. The summed E-state index contributed by atoms with van der Waals surface area (Å²) in [5, 5.41) is 18.1. The molecular weight excluding hydrogens is 392 g/mol. The Bertz CT molecular complexity index is 828. The molecule has 0 spiro atoms. The number of phenols is 1. The van der Waals surface area contributed by atoms with E-state index in [9.17, 15) is 14.7 Å². The highest BCUT2D eigenvalue weighted by Gasteiger charge is 2.11. The molecule has 0 fully saturated rings. The van der Waals surface area contributed by atoms with Gasteiger partial charge in [-0.1, -0.05) is 12.1 Å². The van der Waals surface area contributed by atoms with Crippen LogP contribution in [0.25, 0.3) is 6.08 Å². The maximum Gasteiger partial charge on any atom is 0.341 e. The van der Waals surface area contributed by atoms with Crippen LogP contribution in [0.5, 0.6) is 17.2 Å². The molecule has 0 aromatic heterocycles. The van der Waals surface area contributed by atoms with E-state index in [1.807, 2.05) is 0 Å². The summed E-state index contributed by atoms with van der Waals surface area (Å²) in [5.74, 6) is -0.733. The summed E-state index contributed by atoms with van der Waals surface area (Å²) in [6.45, 7) is -0.501. The Labute approximate surface area is 152 Å². The number of hydrogen-bond donors (Lipinski definition) is 2. The van der Waals surface area contributed by atoms with Crippen molar-refractivity contribution in [1.29, 1.82) is 0 Å². The second-order valence-electron chi connectivity index (χ2n) is 4.96. The third kappa shape index (κ3) is 5.09. The zero-order chi connectivity index (χ0) is 18.4. The molecule has 2 aromatic carbocycles. The van der Waals surface area contributed by atoms with Gasteiger partial charge >= 0.3 is 5.97 Å². The SMILES string of the molecule is COc1cc(C(=O)/C=C/c2ccc(O)c(Br)c2)ccc1OCC(=O)O. The van der Waals surface area contributed by atoms with Crippen molar-refractivity contribution in [3.63, 3.8) is 0 Å². The van der Waals surface area contributed by atoms with Crippen LogP contribution in [0.1, 0.15) is 15.9 Å². The summed E-state index contributed by atoms with van der Waals surface area (Å²) in [5.41, 5.74) is 1.11. The Hall–Kier alpha value is -2.80. The Morgan fingerprint density at radius 2 is 1.92 bits per heavy atom. The lowest BCUT2D eigenvalue weighted by Gasteiger charge is -2.10. The highest BCUT2D eigenvalue weighted by molar-refractivity contribution is 9.10. The molecule has 25 heavy (non-hydrogen) atoms. The Balaban J connectivity index is 2.16. The zero-order valence-electron chi connectivity index (χ0n) is 13.2. The van der Waals surface area contributed by atoms with Crippen LogP contribution in [0.15, 0.2) is 46.9 Å². The number of rotatable bonds is 7. The Morgan fingerprint density at radius 1 is 1.16 bits per heavy atom. The molecule has 2 rings (SSSR count). The summed E-state index contributed by atoms with van der Waals surface area (Å²) >= 11 is 3.21. The molecule has 0 unspecified atom stereocenters. The molecule has 0 bridgehead atoms. The van der Waals surface area contributed by atoms with Crippen LogP contribution in [0.3, 0.4) is 0 Å². The number of methoxy groups -OCH3 is 1. The lowest BCUT2D eigenvalue weighted by Crippen LogP contribution is -2.10. The molecule has 0 atom stereocenters. The van der Waals surface area contributed by atoms with Crippen LogP contribution < -0.4 is 9.47 Å². The monoisotopic (exact) mass is 406 g/mol. The predicted octanol–water partition coefficient (Wildman–Crippen LogP) is 3.52. The molecule has 2 aromatic rings. The molecule has 130 valence electrons. The van der Waals surface area contributed by atoms with Gasteiger partial charge in [-0.25, -0.2) is 4.79 Å². The van der Waals surface area contributed by atoms with Gasteiger partial charge in [0, 0.05) is 5.56 Å². The molecule has 2 N–H and O–H groups in total. The third-order valence-electron chi connectivity index (χ3n) is 3.20. The van der Waals surface area contributed by atoms with Crippen molar-refractivity contribution in [3.05, 3.63) is 58.1 Å². The normalized spacial score (nSPS) is 10.6. The van der Waals surface area contributed by atoms with Crippen molar-refractivity contribution in [2.24, 2.45) is 0 Å². The van der Waals surface area contributed by atoms with Gasteiger partial charge in [0.2, 0.25) is 0 Å². The third-order valence-corrected chi connectivity index (χ3v) is 3.83. The first-order valence-electron chi connectivity index (χ1n) is 7.14. The number of ketones is 1. The number of carbonyl (C=O) groups excluding carboxylic acids is 1. The first kappa shape index (κ1) is 18.5. The summed E-state index contributed by atoms with van der Waals surface area (Å²) < 4.78 is 10.8. The lowest BCUT2D eigenvalue weighted by molar-refractivity contribution is -0.139. The number of ether oxygens (including phenoxy) is 2. The largest absolute Gasteiger partial charge is 0.507 e. The van der Waals surface area contributed by atoms with Crippen LogP contribution in [-0.4, -0.2) is 35.7 Å². The molecule has 7 heteroatoms. The van der Waals surface area contributed by atoms with E-state index in [0.717, 1.165) is 5.56 Å². The quantitative estimate of drug-likeness (QED) is 0.539. The molecule has 0 radical (unpaired) electrons. The second-order valence-corrected chi connectivity index (χ2v) is 5.81. The van der Waals surface area contributed by atoms with Crippen molar-refractivity contribution in [3.8, 4) is 17.2 Å². The van der Waals surface area contributed by atoms with Crippen molar-refractivity contribution < 1.29 is 29.3 Å². The van der Waals surface area contributed by atoms with Crippen LogP contribution in [-0.2, 0) is 4.79 Å². The van der Waals surface area contributed by atoms with Gasteiger partial charge in [-0.05, 0) is 57.9 Å². The smallest absolute Gasteiger partial charge is 0.341 e. The standard InChI is InChI=1S/C18H15BrO6/c1-24-17-9-12(4-7-16(17)25-10-18(22)23)14(20)5-2-11-3-6-15(21)13(19)8-11/h2-9,21H,10H2,1H3,(H,22,23)/b5-2+. The second kappa shape index (κ2) is 8.34. The van der Waals surface area contributed by atoms with Crippen LogP contribution >= 0.6 is 15.9 Å². The minimum atomic E-state index is -1.11. The number of carboxylic acid groups (broad SMARTS) is 1. The fourth-order valence-corrected chi connectivity index (χ4v) is 2.37. The van der Waals surface area contributed by atoms with Gasteiger partial charge < -0.3 is 19.7 Å². The fraction of sp³-hybridized carbons (Fsp3) is 0.111. The number of aromatic hydroxyl groups is 1. The maximum absolute atomic E-state index is 12.3. The number of hydrogen-bond acceptors (Lipinski definition) is 5. The lowest BCUT2D eigenvalue weighted by atomic mass is 10.1. The van der Waals surface area contributed by atoms with E-state index in [2.05, 4.69) is 15.9 Å². The maximum atomic E-state index is 12.3. The van der Waals surface area contributed by atoms with E-state index in [1.54, 1.807) is 18.2 Å². The molecule has 0 aliphatic carbocycles. The van der Waals surface area contributed by atoms with Crippen molar-refractivity contribution in [1.82, 2.24) is 0 Å². The number of aliphatic carboxylic acids is 1. The average molecular weight is 407 g/mol.